The van der Waals surface area contributed by atoms with E-state index in [1.165, 1.54) is 10.9 Å². The van der Waals surface area contributed by atoms with Gasteiger partial charge in [-0.15, -0.1) is 12.4 Å². The Morgan fingerprint density at radius 2 is 1.53 bits per heavy atom. The minimum Gasteiger partial charge on any atom is -0.383 e. The zero-order valence-electron chi connectivity index (χ0n) is 20.4. The number of aliphatic imine (C=N–C) groups is 1. The number of hydrogen-bond acceptors (Lipinski definition) is 7. The molecular weight excluding hydrogens is 492 g/mol. The number of halogens is 1. The number of thiocarbonyl (C=S) groups is 1. The SMILES string of the molecule is Cc1c(NCCNC(N)=S)ccc2cccnc12.Cc1c(NN2C=NCC2)ccc2cccnc12.Cl. The van der Waals surface area contributed by atoms with Crippen LogP contribution >= 0.6 is 24.6 Å². The first kappa shape index (κ1) is 26.9. The number of nitrogens with zero attached hydrogens (tertiary/aromatic N) is 4. The smallest absolute Gasteiger partial charge is 0.163 e. The van der Waals surface area contributed by atoms with Gasteiger partial charge in [0.25, 0.3) is 0 Å². The minimum atomic E-state index is 0. The normalized spacial score (nSPS) is 12.0. The molecule has 1 aliphatic heterocycles. The van der Waals surface area contributed by atoms with Crippen molar-refractivity contribution >= 4 is 69.3 Å². The minimum absolute atomic E-state index is 0. The predicted molar refractivity (Wildman–Crippen MR) is 157 cm³/mol. The highest BCUT2D eigenvalue weighted by molar-refractivity contribution is 7.80. The first-order valence-corrected chi connectivity index (χ1v) is 11.9. The van der Waals surface area contributed by atoms with Gasteiger partial charge in [-0.25, -0.2) is 0 Å². The molecule has 36 heavy (non-hydrogen) atoms. The van der Waals surface area contributed by atoms with Crippen LogP contribution in [-0.4, -0.2) is 52.6 Å². The molecule has 0 aliphatic carbocycles. The maximum absolute atomic E-state index is 5.36. The lowest BCUT2D eigenvalue weighted by molar-refractivity contribution is 0.557. The van der Waals surface area contributed by atoms with Crippen LogP contribution in [0.5, 0.6) is 0 Å². The maximum Gasteiger partial charge on any atom is 0.163 e. The summed E-state index contributed by atoms with van der Waals surface area (Å²) in [6.45, 7) is 7.40. The van der Waals surface area contributed by atoms with E-state index in [1.54, 1.807) is 0 Å². The Hall–Kier alpha value is -3.69. The van der Waals surface area contributed by atoms with Crippen LogP contribution in [0.2, 0.25) is 0 Å². The summed E-state index contributed by atoms with van der Waals surface area (Å²) >= 11 is 4.74. The van der Waals surface area contributed by atoms with Crippen molar-refractivity contribution in [3.8, 4) is 0 Å². The van der Waals surface area contributed by atoms with E-state index in [-0.39, 0.29) is 12.4 Å². The number of aryl methyl sites for hydroxylation is 2. The number of anilines is 2. The van der Waals surface area contributed by atoms with E-state index in [0.717, 1.165) is 53.0 Å². The third-order valence-electron chi connectivity index (χ3n) is 5.75. The zero-order valence-corrected chi connectivity index (χ0v) is 22.0. The molecule has 0 radical (unpaired) electrons. The van der Waals surface area contributed by atoms with Gasteiger partial charge in [-0.1, -0.05) is 24.3 Å². The molecule has 0 atom stereocenters. The van der Waals surface area contributed by atoms with Gasteiger partial charge in [0.05, 0.1) is 29.8 Å². The van der Waals surface area contributed by atoms with Crippen molar-refractivity contribution in [2.45, 2.75) is 13.8 Å². The Bertz CT molecular complexity index is 1360. The average molecular weight is 523 g/mol. The first-order chi connectivity index (χ1) is 17.0. The van der Waals surface area contributed by atoms with E-state index in [0.29, 0.717) is 11.7 Å². The lowest BCUT2D eigenvalue weighted by atomic mass is 10.1. The fraction of sp³-hybridized carbons (Fsp3) is 0.231. The summed E-state index contributed by atoms with van der Waals surface area (Å²) in [7, 11) is 0. The van der Waals surface area contributed by atoms with Crippen molar-refractivity contribution in [2.24, 2.45) is 10.7 Å². The Morgan fingerprint density at radius 1 is 0.917 bits per heavy atom. The lowest BCUT2D eigenvalue weighted by Gasteiger charge is -2.19. The van der Waals surface area contributed by atoms with Gasteiger partial charge >= 0.3 is 0 Å². The van der Waals surface area contributed by atoms with Crippen molar-refractivity contribution in [1.82, 2.24) is 20.3 Å². The van der Waals surface area contributed by atoms with Gasteiger partial charge in [0.2, 0.25) is 0 Å². The molecule has 2 aromatic carbocycles. The summed E-state index contributed by atoms with van der Waals surface area (Å²) < 4.78 is 0. The van der Waals surface area contributed by atoms with E-state index >= 15 is 0 Å². The van der Waals surface area contributed by atoms with Crippen LogP contribution < -0.4 is 21.8 Å². The molecule has 0 unspecified atom stereocenters. The second kappa shape index (κ2) is 12.9. The molecule has 0 saturated heterocycles. The van der Waals surface area contributed by atoms with Crippen molar-refractivity contribution in [3.05, 3.63) is 72.1 Å². The molecule has 5 N–H and O–H groups in total. The summed E-state index contributed by atoms with van der Waals surface area (Å²) in [6.07, 6.45) is 5.48. The van der Waals surface area contributed by atoms with Gasteiger partial charge in [-0.3, -0.25) is 25.4 Å². The number of nitrogens with one attached hydrogen (secondary N) is 3. The van der Waals surface area contributed by atoms with E-state index in [9.17, 15) is 0 Å². The van der Waals surface area contributed by atoms with Crippen molar-refractivity contribution in [2.75, 3.05) is 36.9 Å². The number of pyridine rings is 2. The Morgan fingerprint density at radius 3 is 2.11 bits per heavy atom. The standard InChI is InChI=1S/C13H16N4S.C13H14N4.ClH/c1-9-11(15-7-8-17-13(14)18)5-4-10-3-2-6-16-12(9)10;1-10-12(16-17-8-7-14-9-17)5-4-11-3-2-6-15-13(10)11;/h2-6,15H,7-8H2,1H3,(H3,14,17,18);2-6,9,16H,7-8H2,1H3;1H. The molecule has 188 valence electrons. The average Bonchev–Trinajstić information content (AvgIpc) is 3.39. The molecule has 0 spiro atoms. The van der Waals surface area contributed by atoms with Gasteiger partial charge in [0.1, 0.15) is 6.34 Å². The van der Waals surface area contributed by atoms with E-state index in [4.69, 9.17) is 18.0 Å². The molecule has 8 nitrogen and oxygen atoms in total. The van der Waals surface area contributed by atoms with Crippen molar-refractivity contribution in [3.63, 3.8) is 0 Å². The van der Waals surface area contributed by atoms with Gasteiger partial charge in [0, 0.05) is 47.5 Å². The third-order valence-corrected chi connectivity index (χ3v) is 5.89. The summed E-state index contributed by atoms with van der Waals surface area (Å²) in [5.74, 6) is 0. The lowest BCUT2D eigenvalue weighted by Crippen LogP contribution is -2.32. The van der Waals surface area contributed by atoms with Gasteiger partial charge in [0.15, 0.2) is 5.11 Å². The first-order valence-electron chi connectivity index (χ1n) is 11.5. The molecule has 0 fully saturated rings. The molecule has 1 aliphatic rings. The monoisotopic (exact) mass is 522 g/mol. The molecule has 0 saturated carbocycles. The van der Waals surface area contributed by atoms with Crippen LogP contribution in [0.3, 0.4) is 0 Å². The number of fused-ring (bicyclic) bond motifs is 2. The second-order valence-corrected chi connectivity index (χ2v) is 8.61. The number of hydrazine groups is 1. The topological polar surface area (TPSA) is 103 Å². The molecular formula is C26H31ClN8S. The Labute approximate surface area is 222 Å². The third kappa shape index (κ3) is 6.71. The summed E-state index contributed by atoms with van der Waals surface area (Å²) in [5.41, 5.74) is 15.3. The highest BCUT2D eigenvalue weighted by Gasteiger charge is 2.09. The van der Waals surface area contributed by atoms with E-state index in [2.05, 4.69) is 81.3 Å². The fourth-order valence-corrected chi connectivity index (χ4v) is 4.00. The van der Waals surface area contributed by atoms with Crippen LogP contribution in [-0.2, 0) is 0 Å². The molecule has 0 amide bonds. The molecule has 0 bridgehead atoms. The molecule has 4 aromatic rings. The fourth-order valence-electron chi connectivity index (χ4n) is 3.90. The van der Waals surface area contributed by atoms with Crippen LogP contribution in [0.15, 0.2) is 65.9 Å². The highest BCUT2D eigenvalue weighted by Crippen LogP contribution is 2.24. The predicted octanol–water partition coefficient (Wildman–Crippen LogP) is 4.42. The van der Waals surface area contributed by atoms with Crippen LogP contribution in [0.1, 0.15) is 11.1 Å². The van der Waals surface area contributed by atoms with Crippen molar-refractivity contribution in [1.29, 1.82) is 0 Å². The second-order valence-electron chi connectivity index (χ2n) is 8.17. The van der Waals surface area contributed by atoms with Crippen LogP contribution in [0, 0.1) is 13.8 Å². The number of aromatic nitrogens is 2. The van der Waals surface area contributed by atoms with Crippen LogP contribution in [0.25, 0.3) is 21.8 Å². The highest BCUT2D eigenvalue weighted by atomic mass is 35.5. The van der Waals surface area contributed by atoms with Crippen molar-refractivity contribution < 1.29 is 0 Å². The number of nitrogens with two attached hydrogens (primary N) is 1. The van der Waals surface area contributed by atoms with E-state index < -0.39 is 0 Å². The number of benzene rings is 2. The maximum atomic E-state index is 5.36. The summed E-state index contributed by atoms with van der Waals surface area (Å²) in [4.78, 5) is 13.0. The number of rotatable bonds is 6. The quantitative estimate of drug-likeness (QED) is 0.218. The molecule has 2 aromatic heterocycles. The van der Waals surface area contributed by atoms with Crippen LogP contribution in [0.4, 0.5) is 11.4 Å². The van der Waals surface area contributed by atoms with Gasteiger partial charge in [-0.2, -0.15) is 0 Å². The summed E-state index contributed by atoms with van der Waals surface area (Å²) in [5, 5.41) is 10.9. The van der Waals surface area contributed by atoms with Gasteiger partial charge in [-0.05, 0) is 55.9 Å². The largest absolute Gasteiger partial charge is 0.383 e. The van der Waals surface area contributed by atoms with E-state index in [1.807, 2.05) is 35.9 Å². The van der Waals surface area contributed by atoms with Gasteiger partial charge < -0.3 is 16.4 Å². The Balaban J connectivity index is 0.000000195. The summed E-state index contributed by atoms with van der Waals surface area (Å²) in [6, 6.07) is 16.4. The molecule has 10 heteroatoms. The number of hydrogen-bond donors (Lipinski definition) is 4. The molecule has 5 rings (SSSR count). The zero-order chi connectivity index (χ0) is 24.6. The Kier molecular flexibility index (Phi) is 9.61. The molecule has 3 heterocycles.